The van der Waals surface area contributed by atoms with Crippen molar-refractivity contribution >= 4 is 23.8 Å². The highest BCUT2D eigenvalue weighted by molar-refractivity contribution is 7.99. The van der Waals surface area contributed by atoms with Crippen LogP contribution in [0.1, 0.15) is 44.0 Å². The van der Waals surface area contributed by atoms with E-state index in [0.717, 1.165) is 17.9 Å². The fourth-order valence-electron chi connectivity index (χ4n) is 2.29. The number of aromatic nitrogens is 1. The third-order valence-electron chi connectivity index (χ3n) is 3.48. The molecular formula is C18H27N3O4S. The number of nitrogens with zero attached hydrogens (tertiary/aromatic N) is 1. The molecule has 1 aromatic rings. The van der Waals surface area contributed by atoms with Crippen LogP contribution in [0.5, 0.6) is 5.88 Å². The molecule has 1 aromatic heterocycles. The molecule has 2 heterocycles. The Bertz CT molecular complexity index is 613. The van der Waals surface area contributed by atoms with E-state index in [4.69, 9.17) is 9.47 Å². The minimum Gasteiger partial charge on any atom is -0.473 e. The number of carbonyl (C=O) groups is 2. The SMILES string of the molecule is CC(C)(C)OC(=O)NCCCNC(=O)c1ccnc(O[C@@H]2CCSC2)c1. The van der Waals surface area contributed by atoms with Crippen molar-refractivity contribution in [2.75, 3.05) is 24.6 Å². The maximum atomic E-state index is 12.2. The van der Waals surface area contributed by atoms with Gasteiger partial charge in [-0.3, -0.25) is 4.79 Å². The van der Waals surface area contributed by atoms with E-state index >= 15 is 0 Å². The van der Waals surface area contributed by atoms with E-state index < -0.39 is 11.7 Å². The van der Waals surface area contributed by atoms with E-state index in [0.29, 0.717) is 31.0 Å². The Kier molecular flexibility index (Phi) is 7.56. The molecule has 1 saturated heterocycles. The molecule has 26 heavy (non-hydrogen) atoms. The van der Waals surface area contributed by atoms with Crippen molar-refractivity contribution in [1.82, 2.24) is 15.6 Å². The number of alkyl carbamates (subject to hydrolysis) is 1. The van der Waals surface area contributed by atoms with Crippen molar-refractivity contribution in [1.29, 1.82) is 0 Å². The maximum absolute atomic E-state index is 12.2. The monoisotopic (exact) mass is 381 g/mol. The van der Waals surface area contributed by atoms with E-state index in [1.165, 1.54) is 0 Å². The maximum Gasteiger partial charge on any atom is 0.407 e. The first kappa shape index (κ1) is 20.4. The number of nitrogens with one attached hydrogen (secondary N) is 2. The van der Waals surface area contributed by atoms with Crippen LogP contribution in [0.25, 0.3) is 0 Å². The van der Waals surface area contributed by atoms with E-state index in [2.05, 4.69) is 15.6 Å². The lowest BCUT2D eigenvalue weighted by atomic mass is 10.2. The highest BCUT2D eigenvalue weighted by atomic mass is 32.2. The van der Waals surface area contributed by atoms with Crippen molar-refractivity contribution in [3.63, 3.8) is 0 Å². The molecule has 2 rings (SSSR count). The van der Waals surface area contributed by atoms with Crippen LogP contribution < -0.4 is 15.4 Å². The number of pyridine rings is 1. The summed E-state index contributed by atoms with van der Waals surface area (Å²) in [4.78, 5) is 27.9. The zero-order valence-corrected chi connectivity index (χ0v) is 16.4. The summed E-state index contributed by atoms with van der Waals surface area (Å²) in [5, 5.41) is 5.48. The van der Waals surface area contributed by atoms with E-state index in [1.54, 1.807) is 18.3 Å². The third-order valence-corrected chi connectivity index (χ3v) is 4.61. The van der Waals surface area contributed by atoms with Crippen molar-refractivity contribution < 1.29 is 19.1 Å². The van der Waals surface area contributed by atoms with Crippen LogP contribution in [0.3, 0.4) is 0 Å². The van der Waals surface area contributed by atoms with Gasteiger partial charge in [-0.15, -0.1) is 0 Å². The van der Waals surface area contributed by atoms with Gasteiger partial charge in [0.05, 0.1) is 0 Å². The van der Waals surface area contributed by atoms with Crippen molar-refractivity contribution in [3.05, 3.63) is 23.9 Å². The Morgan fingerprint density at radius 2 is 2.08 bits per heavy atom. The van der Waals surface area contributed by atoms with Gasteiger partial charge in [-0.1, -0.05) is 0 Å². The fraction of sp³-hybridized carbons (Fsp3) is 0.611. The zero-order chi connectivity index (χ0) is 19.0. The molecule has 144 valence electrons. The van der Waals surface area contributed by atoms with Gasteiger partial charge >= 0.3 is 6.09 Å². The summed E-state index contributed by atoms with van der Waals surface area (Å²) in [7, 11) is 0. The molecule has 8 heteroatoms. The van der Waals surface area contributed by atoms with E-state index in [-0.39, 0.29) is 12.0 Å². The largest absolute Gasteiger partial charge is 0.473 e. The molecule has 0 bridgehead atoms. The van der Waals surface area contributed by atoms with Gasteiger partial charge in [-0.25, -0.2) is 9.78 Å². The molecule has 1 aliphatic heterocycles. The molecule has 0 saturated carbocycles. The van der Waals surface area contributed by atoms with Crippen LogP contribution >= 0.6 is 11.8 Å². The molecule has 1 fully saturated rings. The second-order valence-corrected chi connectivity index (χ2v) is 8.17. The van der Waals surface area contributed by atoms with Crippen LogP contribution in [-0.4, -0.2) is 53.3 Å². The number of thioether (sulfide) groups is 1. The Balaban J connectivity index is 1.68. The van der Waals surface area contributed by atoms with Gasteiger partial charge in [0.25, 0.3) is 5.91 Å². The number of hydrogen-bond donors (Lipinski definition) is 2. The molecule has 0 spiro atoms. The normalized spacial score (nSPS) is 16.8. The van der Waals surface area contributed by atoms with Gasteiger partial charge in [-0.05, 0) is 45.4 Å². The van der Waals surface area contributed by atoms with Crippen LogP contribution in [0.2, 0.25) is 0 Å². The molecule has 2 N–H and O–H groups in total. The van der Waals surface area contributed by atoms with Crippen molar-refractivity contribution in [3.8, 4) is 5.88 Å². The predicted molar refractivity (Wildman–Crippen MR) is 102 cm³/mol. The van der Waals surface area contributed by atoms with Gasteiger partial charge in [0.1, 0.15) is 11.7 Å². The minimum atomic E-state index is -0.517. The number of carbonyl (C=O) groups excluding carboxylic acids is 2. The molecule has 0 aromatic carbocycles. The summed E-state index contributed by atoms with van der Waals surface area (Å²) in [6.07, 6.45) is 2.91. The average molecular weight is 381 g/mol. The Morgan fingerprint density at radius 1 is 1.31 bits per heavy atom. The second kappa shape index (κ2) is 9.66. The average Bonchev–Trinajstić information content (AvgIpc) is 3.06. The lowest BCUT2D eigenvalue weighted by Gasteiger charge is -2.19. The predicted octanol–water partition coefficient (Wildman–Crippen LogP) is 2.61. The van der Waals surface area contributed by atoms with Gasteiger partial charge < -0.3 is 20.1 Å². The summed E-state index contributed by atoms with van der Waals surface area (Å²) in [6.45, 7) is 6.31. The molecular weight excluding hydrogens is 354 g/mol. The van der Waals surface area contributed by atoms with Gasteiger partial charge in [0.2, 0.25) is 5.88 Å². The summed E-state index contributed by atoms with van der Waals surface area (Å²) in [5.41, 5.74) is -0.00267. The highest BCUT2D eigenvalue weighted by Gasteiger charge is 2.18. The summed E-state index contributed by atoms with van der Waals surface area (Å²) >= 11 is 1.86. The summed E-state index contributed by atoms with van der Waals surface area (Å²) in [5.74, 6) is 2.36. The molecule has 0 unspecified atom stereocenters. The third kappa shape index (κ3) is 7.51. The topological polar surface area (TPSA) is 89.6 Å². The lowest BCUT2D eigenvalue weighted by molar-refractivity contribution is 0.0527. The molecule has 1 aliphatic rings. The van der Waals surface area contributed by atoms with E-state index in [9.17, 15) is 9.59 Å². The number of amides is 2. The number of hydrogen-bond acceptors (Lipinski definition) is 6. The molecule has 2 amide bonds. The number of ether oxygens (including phenoxy) is 2. The zero-order valence-electron chi connectivity index (χ0n) is 15.5. The molecule has 1 atom stereocenters. The quantitative estimate of drug-likeness (QED) is 0.706. The van der Waals surface area contributed by atoms with Crippen molar-refractivity contribution in [2.45, 2.75) is 45.3 Å². The molecule has 0 radical (unpaired) electrons. The van der Waals surface area contributed by atoms with Gasteiger partial charge in [0.15, 0.2) is 0 Å². The van der Waals surface area contributed by atoms with Crippen LogP contribution in [-0.2, 0) is 4.74 Å². The first-order valence-corrected chi connectivity index (χ1v) is 9.94. The fourth-order valence-corrected chi connectivity index (χ4v) is 3.38. The number of rotatable bonds is 7. The standard InChI is InChI=1S/C18H27N3O4S/c1-18(2,3)25-17(23)21-8-4-7-20-16(22)13-5-9-19-15(11-13)24-14-6-10-26-12-14/h5,9,11,14H,4,6-8,10,12H2,1-3H3,(H,20,22)(H,21,23)/t14-/m1/s1. The van der Waals surface area contributed by atoms with E-state index in [1.807, 2.05) is 32.5 Å². The first-order chi connectivity index (χ1) is 12.3. The smallest absolute Gasteiger partial charge is 0.407 e. The summed E-state index contributed by atoms with van der Waals surface area (Å²) < 4.78 is 10.9. The minimum absolute atomic E-state index is 0.171. The Hall–Kier alpha value is -1.96. The van der Waals surface area contributed by atoms with Gasteiger partial charge in [0, 0.05) is 36.7 Å². The highest BCUT2D eigenvalue weighted by Crippen LogP contribution is 2.22. The lowest BCUT2D eigenvalue weighted by Crippen LogP contribution is -2.34. The van der Waals surface area contributed by atoms with Crippen molar-refractivity contribution in [2.24, 2.45) is 0 Å². The molecule has 0 aliphatic carbocycles. The molecule has 7 nitrogen and oxygen atoms in total. The van der Waals surface area contributed by atoms with Crippen LogP contribution in [0.15, 0.2) is 18.3 Å². The summed E-state index contributed by atoms with van der Waals surface area (Å²) in [6, 6.07) is 3.32. The first-order valence-electron chi connectivity index (χ1n) is 8.79. The second-order valence-electron chi connectivity index (χ2n) is 7.02. The Labute approximate surface area is 158 Å². The Morgan fingerprint density at radius 3 is 2.77 bits per heavy atom. The van der Waals surface area contributed by atoms with Crippen LogP contribution in [0.4, 0.5) is 4.79 Å². The van der Waals surface area contributed by atoms with Crippen LogP contribution in [0, 0.1) is 0 Å². The van der Waals surface area contributed by atoms with Gasteiger partial charge in [-0.2, -0.15) is 11.8 Å².